The van der Waals surface area contributed by atoms with Gasteiger partial charge >= 0.3 is 6.09 Å². The van der Waals surface area contributed by atoms with Crippen LogP contribution < -0.4 is 5.56 Å². The van der Waals surface area contributed by atoms with Crippen LogP contribution in [0.15, 0.2) is 23.1 Å². The number of aromatic amines is 1. The minimum Gasteiger partial charge on any atom is -0.444 e. The highest BCUT2D eigenvalue weighted by atomic mass is 16.6. The van der Waals surface area contributed by atoms with Crippen molar-refractivity contribution in [1.82, 2.24) is 29.3 Å². The van der Waals surface area contributed by atoms with Crippen molar-refractivity contribution in [2.24, 2.45) is 5.41 Å². The van der Waals surface area contributed by atoms with Crippen LogP contribution in [0.2, 0.25) is 0 Å². The number of rotatable bonds is 2. The average Bonchev–Trinajstić information content (AvgIpc) is 3.34. The van der Waals surface area contributed by atoms with Gasteiger partial charge in [-0.3, -0.25) is 9.20 Å². The van der Waals surface area contributed by atoms with Gasteiger partial charge < -0.3 is 14.6 Å². The number of carbonyl (C=O) groups is 1. The van der Waals surface area contributed by atoms with E-state index in [0.717, 1.165) is 31.4 Å². The van der Waals surface area contributed by atoms with Gasteiger partial charge in [0, 0.05) is 30.9 Å². The number of piperidine rings is 1. The molecule has 0 atom stereocenters. The summed E-state index contributed by atoms with van der Waals surface area (Å²) in [5, 5.41) is 18.0. The van der Waals surface area contributed by atoms with E-state index in [4.69, 9.17) is 4.74 Å². The second kappa shape index (κ2) is 7.72. The van der Waals surface area contributed by atoms with E-state index >= 15 is 0 Å². The molecule has 1 spiro atoms. The van der Waals surface area contributed by atoms with Crippen LogP contribution in [0.1, 0.15) is 63.9 Å². The number of H-pyrrole nitrogens is 1. The first-order chi connectivity index (χ1) is 16.1. The first-order valence-corrected chi connectivity index (χ1v) is 11.6. The normalized spacial score (nSPS) is 18.1. The molecule has 0 bridgehead atoms. The van der Waals surface area contributed by atoms with E-state index in [-0.39, 0.29) is 28.8 Å². The molecule has 2 aliphatic rings. The van der Waals surface area contributed by atoms with E-state index < -0.39 is 5.60 Å². The molecule has 1 aliphatic heterocycles. The van der Waals surface area contributed by atoms with Crippen LogP contribution in [0.3, 0.4) is 0 Å². The minimum absolute atomic E-state index is 0.230. The van der Waals surface area contributed by atoms with Gasteiger partial charge in [-0.05, 0) is 64.9 Å². The van der Waals surface area contributed by atoms with Gasteiger partial charge in [0.2, 0.25) is 0 Å². The highest BCUT2D eigenvalue weighted by Gasteiger charge is 2.48. The van der Waals surface area contributed by atoms with Gasteiger partial charge in [0.05, 0.1) is 11.7 Å². The Balaban J connectivity index is 1.28. The zero-order valence-corrected chi connectivity index (χ0v) is 20.0. The number of ether oxygens (including phenoxy) is 1. The van der Waals surface area contributed by atoms with Crippen LogP contribution in [0.5, 0.6) is 0 Å². The van der Waals surface area contributed by atoms with Crippen molar-refractivity contribution in [1.29, 1.82) is 5.26 Å². The van der Waals surface area contributed by atoms with E-state index in [1.807, 2.05) is 49.4 Å². The van der Waals surface area contributed by atoms with Crippen molar-refractivity contribution >= 4 is 11.7 Å². The van der Waals surface area contributed by atoms with Gasteiger partial charge in [-0.2, -0.15) is 5.26 Å². The molecular weight excluding hydrogens is 434 g/mol. The Morgan fingerprint density at radius 1 is 1.26 bits per heavy atom. The molecule has 1 saturated carbocycles. The van der Waals surface area contributed by atoms with Crippen LogP contribution in [0.4, 0.5) is 4.79 Å². The molecule has 3 aromatic rings. The summed E-state index contributed by atoms with van der Waals surface area (Å²) in [6, 6.07) is 5.59. The van der Waals surface area contributed by atoms with E-state index in [1.165, 1.54) is 16.7 Å². The molecule has 1 aliphatic carbocycles. The summed E-state index contributed by atoms with van der Waals surface area (Å²) >= 11 is 0. The standard InChI is InChI=1S/C24H29N7O3/c1-15-21(16-9-19-26-14-18(13-25)30(19)20(32)10-16)27-28-31(15)17-11-24(12-17)5-7-29(8-6-24)22(33)34-23(2,3)4/h9-10,14,17,26H,5-8,11-12H2,1-4H3. The number of nitrogens with one attached hydrogen (secondary N) is 1. The zero-order chi connectivity index (χ0) is 24.3. The molecule has 0 radical (unpaired) electrons. The van der Waals surface area contributed by atoms with Crippen molar-refractivity contribution in [3.05, 3.63) is 40.1 Å². The summed E-state index contributed by atoms with van der Waals surface area (Å²) in [7, 11) is 0. The molecule has 4 heterocycles. The highest BCUT2D eigenvalue weighted by Crippen LogP contribution is 2.55. The van der Waals surface area contributed by atoms with Crippen molar-refractivity contribution in [3.63, 3.8) is 0 Å². The summed E-state index contributed by atoms with van der Waals surface area (Å²) in [5.41, 5.74) is 2.56. The number of nitrogens with zero attached hydrogens (tertiary/aromatic N) is 6. The predicted octanol–water partition coefficient (Wildman–Crippen LogP) is 3.42. The van der Waals surface area contributed by atoms with Gasteiger partial charge in [0.1, 0.15) is 28.7 Å². The SMILES string of the molecule is Cc1c(-c2cc(=O)n3c(C#N)c[nH]c3c2)nnn1C1CC2(CCN(C(=O)OC(C)(C)C)CC2)C1. The molecule has 1 amide bonds. The Morgan fingerprint density at radius 2 is 1.97 bits per heavy atom. The van der Waals surface area contributed by atoms with E-state index in [9.17, 15) is 14.9 Å². The summed E-state index contributed by atoms with van der Waals surface area (Å²) in [6.07, 6.45) is 5.22. The Kier molecular flexibility index (Phi) is 5.04. The third-order valence-corrected chi connectivity index (χ3v) is 7.10. The zero-order valence-electron chi connectivity index (χ0n) is 20.0. The lowest BCUT2D eigenvalue weighted by Crippen LogP contribution is -2.50. The molecule has 10 heteroatoms. The van der Waals surface area contributed by atoms with Gasteiger partial charge in [-0.1, -0.05) is 5.21 Å². The summed E-state index contributed by atoms with van der Waals surface area (Å²) < 4.78 is 8.83. The first-order valence-electron chi connectivity index (χ1n) is 11.6. The van der Waals surface area contributed by atoms with E-state index in [0.29, 0.717) is 30.0 Å². The lowest BCUT2D eigenvalue weighted by Gasteiger charge is -2.52. The number of pyridine rings is 1. The van der Waals surface area contributed by atoms with E-state index in [2.05, 4.69) is 15.3 Å². The highest BCUT2D eigenvalue weighted by molar-refractivity contribution is 5.68. The molecule has 2 fully saturated rings. The van der Waals surface area contributed by atoms with Crippen LogP contribution in [0.25, 0.3) is 16.9 Å². The molecule has 178 valence electrons. The Morgan fingerprint density at radius 3 is 2.62 bits per heavy atom. The number of fused-ring (bicyclic) bond motifs is 1. The van der Waals surface area contributed by atoms with Gasteiger partial charge in [0.15, 0.2) is 0 Å². The maximum atomic E-state index is 12.6. The van der Waals surface area contributed by atoms with Crippen molar-refractivity contribution in [2.45, 2.75) is 65.0 Å². The van der Waals surface area contributed by atoms with Crippen molar-refractivity contribution in [2.75, 3.05) is 13.1 Å². The Hall–Kier alpha value is -3.61. The topological polar surface area (TPSA) is 121 Å². The number of nitriles is 1. The van der Waals surface area contributed by atoms with Crippen LogP contribution in [0, 0.1) is 23.7 Å². The monoisotopic (exact) mass is 463 g/mol. The number of imidazole rings is 1. The number of hydrogen-bond donors (Lipinski definition) is 1. The largest absolute Gasteiger partial charge is 0.444 e. The minimum atomic E-state index is -0.481. The van der Waals surface area contributed by atoms with Crippen molar-refractivity contribution < 1.29 is 9.53 Å². The van der Waals surface area contributed by atoms with E-state index in [1.54, 1.807) is 0 Å². The molecule has 1 saturated heterocycles. The number of amides is 1. The molecule has 10 nitrogen and oxygen atoms in total. The fourth-order valence-electron chi connectivity index (χ4n) is 5.32. The summed E-state index contributed by atoms with van der Waals surface area (Å²) in [5.74, 6) is 0. The molecule has 0 unspecified atom stereocenters. The number of likely N-dealkylation sites (tertiary alicyclic amines) is 1. The molecule has 5 rings (SSSR count). The molecular formula is C24H29N7O3. The molecule has 1 N–H and O–H groups in total. The van der Waals surface area contributed by atoms with Crippen molar-refractivity contribution in [3.8, 4) is 17.3 Å². The maximum Gasteiger partial charge on any atom is 0.410 e. The third kappa shape index (κ3) is 3.75. The Labute approximate surface area is 197 Å². The quantitative estimate of drug-likeness (QED) is 0.622. The van der Waals surface area contributed by atoms with Crippen LogP contribution in [-0.4, -0.2) is 54.1 Å². The Bertz CT molecular complexity index is 1350. The predicted molar refractivity (Wildman–Crippen MR) is 124 cm³/mol. The summed E-state index contributed by atoms with van der Waals surface area (Å²) in [4.78, 5) is 29.7. The second-order valence-corrected chi connectivity index (χ2v) is 10.6. The van der Waals surface area contributed by atoms with Gasteiger partial charge in [0.25, 0.3) is 5.56 Å². The van der Waals surface area contributed by atoms with Gasteiger partial charge in [-0.15, -0.1) is 5.10 Å². The fourth-order valence-corrected chi connectivity index (χ4v) is 5.32. The number of aromatic nitrogens is 5. The fraction of sp³-hybridized carbons (Fsp3) is 0.542. The molecule has 3 aromatic heterocycles. The van der Waals surface area contributed by atoms with Gasteiger partial charge in [-0.25, -0.2) is 9.48 Å². The first kappa shape index (κ1) is 22.2. The lowest BCUT2D eigenvalue weighted by molar-refractivity contribution is -0.0265. The second-order valence-electron chi connectivity index (χ2n) is 10.6. The smallest absolute Gasteiger partial charge is 0.410 e. The lowest BCUT2D eigenvalue weighted by atomic mass is 9.60. The number of carbonyl (C=O) groups excluding carboxylic acids is 1. The number of hydrogen-bond acceptors (Lipinski definition) is 6. The maximum absolute atomic E-state index is 12.6. The molecule has 34 heavy (non-hydrogen) atoms. The average molecular weight is 464 g/mol. The van der Waals surface area contributed by atoms with Crippen LogP contribution in [-0.2, 0) is 4.74 Å². The van der Waals surface area contributed by atoms with Crippen LogP contribution >= 0.6 is 0 Å². The summed E-state index contributed by atoms with van der Waals surface area (Å²) in [6.45, 7) is 9.07. The molecule has 0 aromatic carbocycles. The third-order valence-electron chi connectivity index (χ3n) is 7.10.